The van der Waals surface area contributed by atoms with Crippen molar-refractivity contribution in [1.29, 1.82) is 0 Å². The van der Waals surface area contributed by atoms with Gasteiger partial charge in [0.05, 0.1) is 12.0 Å². The van der Waals surface area contributed by atoms with Gasteiger partial charge in [-0.25, -0.2) is 0 Å². The van der Waals surface area contributed by atoms with Crippen molar-refractivity contribution in [1.82, 2.24) is 9.97 Å². The van der Waals surface area contributed by atoms with E-state index in [1.54, 1.807) is 0 Å². The van der Waals surface area contributed by atoms with Crippen molar-refractivity contribution in [3.8, 4) is 11.9 Å². The highest BCUT2D eigenvalue weighted by Crippen LogP contribution is 2.23. The average Bonchev–Trinajstić information content (AvgIpc) is 2.03. The summed E-state index contributed by atoms with van der Waals surface area (Å²) in [6.07, 6.45) is 0.876. The van der Waals surface area contributed by atoms with Crippen LogP contribution in [0.5, 0.6) is 11.9 Å². The molecule has 0 radical (unpaired) electrons. The van der Waals surface area contributed by atoms with Gasteiger partial charge in [-0.05, 0) is 0 Å². The summed E-state index contributed by atoms with van der Waals surface area (Å²) in [6.45, 7) is 0. The summed E-state index contributed by atoms with van der Waals surface area (Å²) in [6, 6.07) is -0.558. The second-order valence-corrected chi connectivity index (χ2v) is 1.82. The minimum absolute atomic E-state index is 0.257. The van der Waals surface area contributed by atoms with Crippen LogP contribution in [0.1, 0.15) is 0 Å². The third kappa shape index (κ3) is 1.39. The summed E-state index contributed by atoms with van der Waals surface area (Å²) in [5, 5.41) is 19.0. The molecule has 0 aliphatic carbocycles. The lowest BCUT2D eigenvalue weighted by atomic mass is 10.5. The Morgan fingerprint density at radius 3 is 2.92 bits per heavy atom. The van der Waals surface area contributed by atoms with Crippen molar-refractivity contribution >= 4 is 5.69 Å². The fraction of sp³-hybridized carbons (Fsp3) is 0.200. The third-order valence-electron chi connectivity index (χ3n) is 1.11. The Bertz CT molecular complexity index is 314. The number of rotatable bonds is 2. The maximum absolute atomic E-state index is 10.3. The van der Waals surface area contributed by atoms with Crippen LogP contribution in [0, 0.1) is 10.1 Å². The monoisotopic (exact) mass is 171 g/mol. The Balaban J connectivity index is 3.20. The van der Waals surface area contributed by atoms with Crippen LogP contribution >= 0.6 is 0 Å². The van der Waals surface area contributed by atoms with Gasteiger partial charge in [0.1, 0.15) is 6.20 Å². The van der Waals surface area contributed by atoms with E-state index in [0.717, 1.165) is 6.20 Å². The van der Waals surface area contributed by atoms with Crippen LogP contribution in [-0.2, 0) is 0 Å². The molecule has 0 aromatic carbocycles. The van der Waals surface area contributed by atoms with Crippen LogP contribution in [0.25, 0.3) is 0 Å². The highest BCUT2D eigenvalue weighted by atomic mass is 16.6. The molecule has 1 aromatic rings. The van der Waals surface area contributed by atoms with E-state index in [9.17, 15) is 10.1 Å². The highest BCUT2D eigenvalue weighted by molar-refractivity contribution is 5.38. The lowest BCUT2D eigenvalue weighted by Crippen LogP contribution is -1.97. The predicted octanol–water partition coefficient (Wildman–Crippen LogP) is 0.0990. The van der Waals surface area contributed by atoms with Gasteiger partial charge in [-0.3, -0.25) is 10.1 Å². The highest BCUT2D eigenvalue weighted by Gasteiger charge is 2.17. The van der Waals surface area contributed by atoms with Crippen molar-refractivity contribution in [2.24, 2.45) is 0 Å². The standard InChI is InChI=1S/C5H5N3O4/c1-12-4-3(8(10)11)2-6-5(9)7-4/h2H,1H3,(H,6,7,9). The first-order valence-electron chi connectivity index (χ1n) is 2.89. The Labute approximate surface area is 66.8 Å². The van der Waals surface area contributed by atoms with Crippen molar-refractivity contribution < 1.29 is 14.8 Å². The molecule has 0 aliphatic heterocycles. The molecule has 0 spiro atoms. The van der Waals surface area contributed by atoms with E-state index in [-0.39, 0.29) is 11.6 Å². The summed E-state index contributed by atoms with van der Waals surface area (Å²) >= 11 is 0. The van der Waals surface area contributed by atoms with Crippen LogP contribution in [-0.4, -0.2) is 27.1 Å². The molecule has 0 unspecified atom stereocenters. The first-order chi connectivity index (χ1) is 5.65. The molecule has 1 aromatic heterocycles. The van der Waals surface area contributed by atoms with E-state index >= 15 is 0 Å². The SMILES string of the molecule is COc1nc(O)ncc1[N+](=O)[O-]. The van der Waals surface area contributed by atoms with Gasteiger partial charge in [-0.2, -0.15) is 9.97 Å². The number of hydrogen-bond acceptors (Lipinski definition) is 6. The molecule has 1 rings (SSSR count). The first kappa shape index (κ1) is 8.18. The van der Waals surface area contributed by atoms with Gasteiger partial charge in [0.15, 0.2) is 0 Å². The Morgan fingerprint density at radius 1 is 1.75 bits per heavy atom. The van der Waals surface area contributed by atoms with Crippen molar-refractivity contribution in [3.05, 3.63) is 16.3 Å². The third-order valence-corrected chi connectivity index (χ3v) is 1.11. The van der Waals surface area contributed by atoms with Gasteiger partial charge < -0.3 is 9.84 Å². The molecule has 0 atom stereocenters. The smallest absolute Gasteiger partial charge is 0.349 e. The molecule has 64 valence electrons. The first-order valence-corrected chi connectivity index (χ1v) is 2.89. The molecular formula is C5H5N3O4. The van der Waals surface area contributed by atoms with Gasteiger partial charge >= 0.3 is 11.7 Å². The Morgan fingerprint density at radius 2 is 2.42 bits per heavy atom. The number of nitro groups is 1. The number of aromatic hydroxyl groups is 1. The maximum Gasteiger partial charge on any atom is 0.349 e. The summed E-state index contributed by atoms with van der Waals surface area (Å²) in [4.78, 5) is 16.1. The molecule has 0 amide bonds. The van der Waals surface area contributed by atoms with E-state index in [1.165, 1.54) is 7.11 Å². The molecule has 12 heavy (non-hydrogen) atoms. The molecular weight excluding hydrogens is 166 g/mol. The van der Waals surface area contributed by atoms with Gasteiger partial charge in [-0.1, -0.05) is 0 Å². The van der Waals surface area contributed by atoms with Crippen molar-refractivity contribution in [2.75, 3.05) is 7.11 Å². The fourth-order valence-corrected chi connectivity index (χ4v) is 0.627. The Hall–Kier alpha value is -1.92. The number of aromatic nitrogens is 2. The van der Waals surface area contributed by atoms with E-state index in [2.05, 4.69) is 14.7 Å². The Kier molecular flexibility index (Phi) is 2.04. The van der Waals surface area contributed by atoms with Crippen LogP contribution in [0.3, 0.4) is 0 Å². The zero-order valence-electron chi connectivity index (χ0n) is 6.09. The molecule has 7 heteroatoms. The largest absolute Gasteiger partial charge is 0.479 e. The van der Waals surface area contributed by atoms with Crippen LogP contribution in [0.4, 0.5) is 5.69 Å². The van der Waals surface area contributed by atoms with E-state index in [1.807, 2.05) is 0 Å². The van der Waals surface area contributed by atoms with Gasteiger partial charge in [0, 0.05) is 0 Å². The average molecular weight is 171 g/mol. The normalized spacial score (nSPS) is 9.42. The van der Waals surface area contributed by atoms with Gasteiger partial charge in [-0.15, -0.1) is 0 Å². The quantitative estimate of drug-likeness (QED) is 0.500. The zero-order chi connectivity index (χ0) is 9.14. The van der Waals surface area contributed by atoms with Crippen LogP contribution in [0.2, 0.25) is 0 Å². The fourth-order valence-electron chi connectivity index (χ4n) is 0.627. The van der Waals surface area contributed by atoms with Crippen molar-refractivity contribution in [3.63, 3.8) is 0 Å². The van der Waals surface area contributed by atoms with Crippen LogP contribution < -0.4 is 4.74 Å². The van der Waals surface area contributed by atoms with Gasteiger partial charge in [0.2, 0.25) is 0 Å². The molecule has 0 aliphatic rings. The number of methoxy groups -OCH3 is 1. The molecule has 0 saturated heterocycles. The summed E-state index contributed by atoms with van der Waals surface area (Å²) in [7, 11) is 1.22. The van der Waals surface area contributed by atoms with Crippen molar-refractivity contribution in [2.45, 2.75) is 0 Å². The topological polar surface area (TPSA) is 98.4 Å². The number of nitrogens with zero attached hydrogens (tertiary/aromatic N) is 3. The van der Waals surface area contributed by atoms with Crippen LogP contribution in [0.15, 0.2) is 6.20 Å². The molecule has 0 bridgehead atoms. The zero-order valence-corrected chi connectivity index (χ0v) is 6.09. The van der Waals surface area contributed by atoms with E-state index in [4.69, 9.17) is 5.11 Å². The second kappa shape index (κ2) is 2.99. The molecule has 1 heterocycles. The predicted molar refractivity (Wildman–Crippen MR) is 36.9 cm³/mol. The number of hydrogen-bond donors (Lipinski definition) is 1. The maximum atomic E-state index is 10.3. The summed E-state index contributed by atoms with van der Waals surface area (Å²) in [5.41, 5.74) is -0.379. The minimum Gasteiger partial charge on any atom is -0.479 e. The number of ether oxygens (including phenoxy) is 1. The second-order valence-electron chi connectivity index (χ2n) is 1.82. The lowest BCUT2D eigenvalue weighted by molar-refractivity contribution is -0.386. The lowest BCUT2D eigenvalue weighted by Gasteiger charge is -1.98. The molecule has 7 nitrogen and oxygen atoms in total. The summed E-state index contributed by atoms with van der Waals surface area (Å²) < 4.78 is 4.53. The molecule has 0 saturated carbocycles. The molecule has 1 N–H and O–H groups in total. The van der Waals surface area contributed by atoms with E-state index in [0.29, 0.717) is 0 Å². The summed E-state index contributed by atoms with van der Waals surface area (Å²) in [5.74, 6) is -0.257. The molecule has 0 fully saturated rings. The minimum atomic E-state index is -0.696. The van der Waals surface area contributed by atoms with E-state index < -0.39 is 10.9 Å². The van der Waals surface area contributed by atoms with Gasteiger partial charge in [0.25, 0.3) is 5.88 Å².